The van der Waals surface area contributed by atoms with Crippen molar-refractivity contribution in [2.75, 3.05) is 5.32 Å². The van der Waals surface area contributed by atoms with Gasteiger partial charge in [-0.3, -0.25) is 0 Å². The van der Waals surface area contributed by atoms with Crippen LogP contribution in [0.25, 0.3) is 16.9 Å². The minimum atomic E-state index is 0.265. The molecule has 0 spiro atoms. The van der Waals surface area contributed by atoms with Gasteiger partial charge in [0, 0.05) is 23.6 Å². The molecule has 20 heavy (non-hydrogen) atoms. The number of hydrogen-bond acceptors (Lipinski definition) is 2. The lowest BCUT2D eigenvalue weighted by Crippen LogP contribution is -2.18. The predicted octanol–water partition coefficient (Wildman–Crippen LogP) is 2.97. The van der Waals surface area contributed by atoms with E-state index in [0.717, 1.165) is 28.2 Å². The zero-order valence-corrected chi connectivity index (χ0v) is 11.8. The molecule has 0 amide bonds. The van der Waals surface area contributed by atoms with E-state index in [1.165, 1.54) is 0 Å². The third-order valence-electron chi connectivity index (χ3n) is 3.13. The summed E-state index contributed by atoms with van der Waals surface area (Å²) in [6, 6.07) is 11.9. The van der Waals surface area contributed by atoms with E-state index in [2.05, 4.69) is 23.3 Å². The van der Waals surface area contributed by atoms with Crippen molar-refractivity contribution < 1.29 is 0 Å². The van der Waals surface area contributed by atoms with Crippen LogP contribution in [0.5, 0.6) is 0 Å². The molecule has 3 N–H and O–H groups in total. The summed E-state index contributed by atoms with van der Waals surface area (Å²) in [5.41, 5.74) is 10.5. The van der Waals surface area contributed by atoms with E-state index in [1.807, 2.05) is 47.1 Å². The van der Waals surface area contributed by atoms with Crippen LogP contribution in [0, 0.1) is 6.92 Å². The summed E-state index contributed by atoms with van der Waals surface area (Å²) in [5.74, 6) is 0. The quantitative estimate of drug-likeness (QED) is 0.710. The summed E-state index contributed by atoms with van der Waals surface area (Å²) in [6.45, 7) is 2.06. The highest BCUT2D eigenvalue weighted by atomic mass is 32.1. The van der Waals surface area contributed by atoms with Crippen molar-refractivity contribution in [3.63, 3.8) is 0 Å². The first-order chi connectivity index (χ1) is 9.63. The molecule has 0 fully saturated rings. The highest BCUT2D eigenvalue weighted by molar-refractivity contribution is 7.80. The zero-order valence-electron chi connectivity index (χ0n) is 11.0. The monoisotopic (exact) mass is 282 g/mol. The summed E-state index contributed by atoms with van der Waals surface area (Å²) in [5, 5.41) is 3.17. The third-order valence-corrected chi connectivity index (χ3v) is 3.23. The van der Waals surface area contributed by atoms with E-state index in [9.17, 15) is 0 Å². The maximum absolute atomic E-state index is 5.45. The van der Waals surface area contributed by atoms with Gasteiger partial charge >= 0.3 is 0 Å². The van der Waals surface area contributed by atoms with Crippen LogP contribution in [-0.2, 0) is 0 Å². The Morgan fingerprint density at radius 3 is 2.65 bits per heavy atom. The Balaban J connectivity index is 1.98. The van der Waals surface area contributed by atoms with Crippen LogP contribution in [0.2, 0.25) is 0 Å². The van der Waals surface area contributed by atoms with Crippen LogP contribution in [0.1, 0.15) is 5.56 Å². The van der Waals surface area contributed by atoms with Crippen molar-refractivity contribution >= 4 is 28.7 Å². The summed E-state index contributed by atoms with van der Waals surface area (Å²) in [6.07, 6.45) is 4.03. The van der Waals surface area contributed by atoms with Crippen LogP contribution in [-0.4, -0.2) is 14.5 Å². The molecule has 0 aliphatic heterocycles. The SMILES string of the molecule is Cc1cccn2cc(-c3ccc(NC(N)=S)cc3)nc12. The summed E-state index contributed by atoms with van der Waals surface area (Å²) in [4.78, 5) is 4.67. The standard InChI is InChI=1S/C15H14N4S/c1-10-3-2-8-19-9-13(18-14(10)19)11-4-6-12(7-5-11)17-15(16)20/h2-9H,1H3,(H3,16,17,20). The maximum Gasteiger partial charge on any atom is 0.168 e. The van der Waals surface area contributed by atoms with E-state index < -0.39 is 0 Å². The van der Waals surface area contributed by atoms with Gasteiger partial charge in [0.25, 0.3) is 0 Å². The first-order valence-corrected chi connectivity index (χ1v) is 6.65. The minimum absolute atomic E-state index is 0.265. The Morgan fingerprint density at radius 1 is 1.25 bits per heavy atom. The zero-order chi connectivity index (χ0) is 14.1. The Kier molecular flexibility index (Phi) is 3.12. The molecule has 2 aromatic heterocycles. The van der Waals surface area contributed by atoms with Gasteiger partial charge < -0.3 is 15.5 Å². The molecule has 0 radical (unpaired) electrons. The second-order valence-electron chi connectivity index (χ2n) is 4.61. The van der Waals surface area contributed by atoms with Gasteiger partial charge in [-0.1, -0.05) is 18.2 Å². The average Bonchev–Trinajstić information content (AvgIpc) is 2.84. The number of aromatic nitrogens is 2. The normalized spacial score (nSPS) is 10.7. The van der Waals surface area contributed by atoms with Gasteiger partial charge in [0.2, 0.25) is 0 Å². The fourth-order valence-electron chi connectivity index (χ4n) is 2.16. The van der Waals surface area contributed by atoms with Crippen LogP contribution in [0.3, 0.4) is 0 Å². The van der Waals surface area contributed by atoms with Crippen molar-refractivity contribution in [1.29, 1.82) is 0 Å². The Labute approximate surface area is 122 Å². The van der Waals surface area contributed by atoms with Gasteiger partial charge in [-0.2, -0.15) is 0 Å². The van der Waals surface area contributed by atoms with Crippen LogP contribution in [0.15, 0.2) is 48.8 Å². The van der Waals surface area contributed by atoms with Gasteiger partial charge in [0.15, 0.2) is 5.11 Å². The Morgan fingerprint density at radius 2 is 2.00 bits per heavy atom. The number of anilines is 1. The molecule has 0 bridgehead atoms. The lowest BCUT2D eigenvalue weighted by molar-refractivity contribution is 1.16. The number of imidazole rings is 1. The van der Waals surface area contributed by atoms with Gasteiger partial charge in [0.1, 0.15) is 5.65 Å². The maximum atomic E-state index is 5.45. The molecule has 0 aliphatic carbocycles. The molecule has 5 heteroatoms. The number of nitrogens with two attached hydrogens (primary N) is 1. The van der Waals surface area contributed by atoms with Crippen molar-refractivity contribution in [2.45, 2.75) is 6.92 Å². The largest absolute Gasteiger partial charge is 0.376 e. The first kappa shape index (κ1) is 12.6. The highest BCUT2D eigenvalue weighted by Gasteiger charge is 2.06. The fraction of sp³-hybridized carbons (Fsp3) is 0.0667. The van der Waals surface area contributed by atoms with Crippen molar-refractivity contribution in [3.8, 4) is 11.3 Å². The predicted molar refractivity (Wildman–Crippen MR) is 85.8 cm³/mol. The number of thiocarbonyl (C=S) groups is 1. The Hall–Kier alpha value is -2.40. The van der Waals surface area contributed by atoms with E-state index in [-0.39, 0.29) is 5.11 Å². The summed E-state index contributed by atoms with van der Waals surface area (Å²) < 4.78 is 2.03. The molecule has 0 saturated carbocycles. The van der Waals surface area contributed by atoms with Gasteiger partial charge in [-0.05, 0) is 42.9 Å². The van der Waals surface area contributed by atoms with E-state index in [0.29, 0.717) is 0 Å². The number of nitrogens with one attached hydrogen (secondary N) is 1. The number of nitrogens with zero attached hydrogens (tertiary/aromatic N) is 2. The molecule has 3 aromatic rings. The molecule has 0 atom stereocenters. The fourth-order valence-corrected chi connectivity index (χ4v) is 2.28. The lowest BCUT2D eigenvalue weighted by atomic mass is 10.1. The highest BCUT2D eigenvalue weighted by Crippen LogP contribution is 2.22. The van der Waals surface area contributed by atoms with E-state index in [1.54, 1.807) is 0 Å². The van der Waals surface area contributed by atoms with Crippen molar-refractivity contribution in [2.24, 2.45) is 5.73 Å². The summed E-state index contributed by atoms with van der Waals surface area (Å²) in [7, 11) is 0. The third kappa shape index (κ3) is 2.35. The second-order valence-corrected chi connectivity index (χ2v) is 5.05. The second kappa shape index (κ2) is 4.94. The minimum Gasteiger partial charge on any atom is -0.376 e. The topological polar surface area (TPSA) is 55.3 Å². The van der Waals surface area contributed by atoms with Crippen molar-refractivity contribution in [1.82, 2.24) is 9.38 Å². The summed E-state index contributed by atoms with van der Waals surface area (Å²) >= 11 is 4.81. The van der Waals surface area contributed by atoms with Gasteiger partial charge in [0.05, 0.1) is 5.69 Å². The lowest BCUT2D eigenvalue weighted by Gasteiger charge is -2.03. The first-order valence-electron chi connectivity index (χ1n) is 6.25. The molecule has 2 heterocycles. The average molecular weight is 282 g/mol. The number of hydrogen-bond donors (Lipinski definition) is 2. The number of rotatable bonds is 2. The van der Waals surface area contributed by atoms with Crippen LogP contribution < -0.4 is 11.1 Å². The Bertz CT molecular complexity index is 774. The number of pyridine rings is 1. The van der Waals surface area contributed by atoms with E-state index >= 15 is 0 Å². The smallest absolute Gasteiger partial charge is 0.168 e. The van der Waals surface area contributed by atoms with Crippen LogP contribution in [0.4, 0.5) is 5.69 Å². The molecular weight excluding hydrogens is 268 g/mol. The van der Waals surface area contributed by atoms with Gasteiger partial charge in [-0.25, -0.2) is 4.98 Å². The number of benzene rings is 1. The van der Waals surface area contributed by atoms with Crippen molar-refractivity contribution in [3.05, 3.63) is 54.4 Å². The van der Waals surface area contributed by atoms with Crippen LogP contribution >= 0.6 is 12.2 Å². The molecular formula is C15H14N4S. The molecule has 0 unspecified atom stereocenters. The van der Waals surface area contributed by atoms with E-state index in [4.69, 9.17) is 18.0 Å². The molecule has 4 nitrogen and oxygen atoms in total. The molecule has 1 aromatic carbocycles. The number of fused-ring (bicyclic) bond motifs is 1. The molecule has 3 rings (SSSR count). The number of aryl methyl sites for hydroxylation is 1. The van der Waals surface area contributed by atoms with Gasteiger partial charge in [-0.15, -0.1) is 0 Å². The molecule has 0 saturated heterocycles. The molecule has 100 valence electrons. The molecule has 0 aliphatic rings.